The number of carboxylic acid groups (broad SMARTS) is 1. The van der Waals surface area contributed by atoms with E-state index in [1.54, 1.807) is 13.0 Å². The Morgan fingerprint density at radius 1 is 1.47 bits per heavy atom. The smallest absolute Gasteiger partial charge is 0.307 e. The van der Waals surface area contributed by atoms with Crippen LogP contribution in [0.5, 0.6) is 0 Å². The highest BCUT2D eigenvalue weighted by Gasteiger charge is 2.37. The van der Waals surface area contributed by atoms with E-state index in [1.165, 1.54) is 0 Å². The molecule has 17 heavy (non-hydrogen) atoms. The molecule has 0 bridgehead atoms. The van der Waals surface area contributed by atoms with Crippen LogP contribution in [0.15, 0.2) is 10.6 Å². The fourth-order valence-electron chi connectivity index (χ4n) is 2.21. The Hall–Kier alpha value is -1.85. The number of amides is 1. The Labute approximate surface area is 98.0 Å². The van der Waals surface area contributed by atoms with E-state index < -0.39 is 17.8 Å². The van der Waals surface area contributed by atoms with Crippen molar-refractivity contribution >= 4 is 17.7 Å². The molecule has 6 heteroatoms. The van der Waals surface area contributed by atoms with Crippen molar-refractivity contribution in [3.63, 3.8) is 0 Å². The molecule has 1 aromatic heterocycles. The first-order valence-corrected chi connectivity index (χ1v) is 5.55. The third-order valence-corrected chi connectivity index (χ3v) is 3.05. The van der Waals surface area contributed by atoms with Gasteiger partial charge in [-0.25, -0.2) is 0 Å². The summed E-state index contributed by atoms with van der Waals surface area (Å²) < 4.78 is 4.82. The standard InChI is InChI=1S/C11H14N2O4/c1-6-5-9(13-17-6)12-10(14)7-3-2-4-8(7)11(15)16/h5,7-8H,2-4H2,1H3,(H,15,16)(H,12,13,14). The van der Waals surface area contributed by atoms with Crippen molar-refractivity contribution in [2.75, 3.05) is 5.32 Å². The Kier molecular flexibility index (Phi) is 3.12. The van der Waals surface area contributed by atoms with Crippen LogP contribution in [0, 0.1) is 18.8 Å². The quantitative estimate of drug-likeness (QED) is 0.830. The van der Waals surface area contributed by atoms with E-state index in [0.717, 1.165) is 6.42 Å². The maximum atomic E-state index is 11.9. The van der Waals surface area contributed by atoms with Gasteiger partial charge in [0.15, 0.2) is 5.82 Å². The summed E-state index contributed by atoms with van der Waals surface area (Å²) in [5.41, 5.74) is 0. The number of hydrogen-bond acceptors (Lipinski definition) is 4. The van der Waals surface area contributed by atoms with Gasteiger partial charge in [0.2, 0.25) is 5.91 Å². The van der Waals surface area contributed by atoms with Crippen molar-refractivity contribution in [1.29, 1.82) is 0 Å². The molecule has 0 aliphatic heterocycles. The molecule has 1 saturated carbocycles. The minimum Gasteiger partial charge on any atom is -0.481 e. The predicted octanol–water partition coefficient (Wildman–Crippen LogP) is 1.42. The molecule has 6 nitrogen and oxygen atoms in total. The molecule has 1 aromatic rings. The molecule has 0 radical (unpaired) electrons. The molecule has 1 aliphatic carbocycles. The van der Waals surface area contributed by atoms with E-state index >= 15 is 0 Å². The Bertz CT molecular complexity index is 440. The minimum atomic E-state index is -0.904. The summed E-state index contributed by atoms with van der Waals surface area (Å²) in [5.74, 6) is -1.31. The van der Waals surface area contributed by atoms with Crippen LogP contribution in [0.1, 0.15) is 25.0 Å². The van der Waals surface area contributed by atoms with Crippen molar-refractivity contribution in [2.24, 2.45) is 11.8 Å². The Morgan fingerprint density at radius 2 is 2.18 bits per heavy atom. The summed E-state index contributed by atoms with van der Waals surface area (Å²) >= 11 is 0. The summed E-state index contributed by atoms with van der Waals surface area (Å²) in [7, 11) is 0. The second-order valence-corrected chi connectivity index (χ2v) is 4.29. The Morgan fingerprint density at radius 3 is 2.76 bits per heavy atom. The molecule has 92 valence electrons. The van der Waals surface area contributed by atoms with Crippen LogP contribution >= 0.6 is 0 Å². The first-order valence-electron chi connectivity index (χ1n) is 5.55. The zero-order valence-electron chi connectivity index (χ0n) is 9.47. The van der Waals surface area contributed by atoms with Gasteiger partial charge in [-0.1, -0.05) is 11.6 Å². The molecule has 2 atom stereocenters. The van der Waals surface area contributed by atoms with Gasteiger partial charge in [0, 0.05) is 6.07 Å². The number of carboxylic acids is 1. The van der Waals surface area contributed by atoms with Gasteiger partial charge < -0.3 is 14.9 Å². The van der Waals surface area contributed by atoms with Crippen LogP contribution in [0.25, 0.3) is 0 Å². The van der Waals surface area contributed by atoms with Gasteiger partial charge in [-0.3, -0.25) is 9.59 Å². The van der Waals surface area contributed by atoms with Gasteiger partial charge in [-0.05, 0) is 19.8 Å². The molecule has 1 heterocycles. The van der Waals surface area contributed by atoms with E-state index in [4.69, 9.17) is 9.63 Å². The van der Waals surface area contributed by atoms with E-state index in [0.29, 0.717) is 24.4 Å². The molecule has 1 fully saturated rings. The maximum absolute atomic E-state index is 11.9. The van der Waals surface area contributed by atoms with Crippen molar-refractivity contribution in [3.8, 4) is 0 Å². The number of aryl methyl sites for hydroxylation is 1. The number of hydrogen-bond donors (Lipinski definition) is 2. The minimum absolute atomic E-state index is 0.289. The lowest BCUT2D eigenvalue weighted by Crippen LogP contribution is -2.30. The largest absolute Gasteiger partial charge is 0.481 e. The highest BCUT2D eigenvalue weighted by Crippen LogP contribution is 2.32. The van der Waals surface area contributed by atoms with E-state index in [9.17, 15) is 9.59 Å². The molecule has 1 amide bonds. The van der Waals surface area contributed by atoms with Crippen LogP contribution in [0.2, 0.25) is 0 Å². The molecule has 0 aromatic carbocycles. The SMILES string of the molecule is Cc1cc(NC(=O)C2CCCC2C(=O)O)no1. The van der Waals surface area contributed by atoms with Crippen LogP contribution in [0.3, 0.4) is 0 Å². The third-order valence-electron chi connectivity index (χ3n) is 3.05. The lowest BCUT2D eigenvalue weighted by Gasteiger charge is -2.13. The van der Waals surface area contributed by atoms with Crippen LogP contribution in [0.4, 0.5) is 5.82 Å². The number of aromatic nitrogens is 1. The lowest BCUT2D eigenvalue weighted by molar-refractivity contribution is -0.145. The fraction of sp³-hybridized carbons (Fsp3) is 0.545. The number of carbonyl (C=O) groups excluding carboxylic acids is 1. The predicted molar refractivity (Wildman–Crippen MR) is 58.3 cm³/mol. The van der Waals surface area contributed by atoms with Gasteiger partial charge >= 0.3 is 5.97 Å². The molecular formula is C11H14N2O4. The Balaban J connectivity index is 2.02. The van der Waals surface area contributed by atoms with Crippen molar-refractivity contribution in [1.82, 2.24) is 5.16 Å². The number of rotatable bonds is 3. The number of nitrogens with one attached hydrogen (secondary N) is 1. The molecule has 0 saturated heterocycles. The molecule has 1 aliphatic rings. The average molecular weight is 238 g/mol. The third kappa shape index (κ3) is 2.46. The summed E-state index contributed by atoms with van der Waals surface area (Å²) in [5, 5.41) is 15.2. The summed E-state index contributed by atoms with van der Waals surface area (Å²) in [6.07, 6.45) is 1.94. The number of carbonyl (C=O) groups is 2. The second-order valence-electron chi connectivity index (χ2n) is 4.29. The van der Waals surface area contributed by atoms with E-state index in [-0.39, 0.29) is 5.91 Å². The van der Waals surface area contributed by atoms with Crippen LogP contribution < -0.4 is 5.32 Å². The summed E-state index contributed by atoms with van der Waals surface area (Å²) in [4.78, 5) is 22.8. The zero-order chi connectivity index (χ0) is 12.4. The van der Waals surface area contributed by atoms with Gasteiger partial charge in [0.25, 0.3) is 0 Å². The van der Waals surface area contributed by atoms with Crippen molar-refractivity contribution in [2.45, 2.75) is 26.2 Å². The number of nitrogens with zero attached hydrogens (tertiary/aromatic N) is 1. The molecule has 2 rings (SSSR count). The van der Waals surface area contributed by atoms with Crippen molar-refractivity contribution < 1.29 is 19.2 Å². The molecular weight excluding hydrogens is 224 g/mol. The molecule has 2 N–H and O–H groups in total. The maximum Gasteiger partial charge on any atom is 0.307 e. The first-order chi connectivity index (χ1) is 8.08. The van der Waals surface area contributed by atoms with Crippen LogP contribution in [-0.4, -0.2) is 22.1 Å². The number of anilines is 1. The highest BCUT2D eigenvalue weighted by molar-refractivity contribution is 5.94. The monoisotopic (exact) mass is 238 g/mol. The van der Waals surface area contributed by atoms with E-state index in [2.05, 4.69) is 10.5 Å². The fourth-order valence-corrected chi connectivity index (χ4v) is 2.21. The summed E-state index contributed by atoms with van der Waals surface area (Å²) in [6, 6.07) is 1.60. The van der Waals surface area contributed by atoms with Gasteiger partial charge in [0.1, 0.15) is 5.76 Å². The van der Waals surface area contributed by atoms with Crippen molar-refractivity contribution in [3.05, 3.63) is 11.8 Å². The number of aliphatic carboxylic acids is 1. The van der Waals surface area contributed by atoms with E-state index in [1.807, 2.05) is 0 Å². The molecule has 2 unspecified atom stereocenters. The molecule has 0 spiro atoms. The second kappa shape index (κ2) is 4.57. The van der Waals surface area contributed by atoms with Gasteiger partial charge in [0.05, 0.1) is 11.8 Å². The van der Waals surface area contributed by atoms with Gasteiger partial charge in [-0.15, -0.1) is 0 Å². The van der Waals surface area contributed by atoms with Crippen LogP contribution in [-0.2, 0) is 9.59 Å². The van der Waals surface area contributed by atoms with Gasteiger partial charge in [-0.2, -0.15) is 0 Å². The summed E-state index contributed by atoms with van der Waals surface area (Å²) in [6.45, 7) is 1.72. The first kappa shape index (κ1) is 11.6. The lowest BCUT2D eigenvalue weighted by atomic mass is 9.95. The highest BCUT2D eigenvalue weighted by atomic mass is 16.5. The normalized spacial score (nSPS) is 23.6. The zero-order valence-corrected chi connectivity index (χ0v) is 9.47. The average Bonchev–Trinajstić information content (AvgIpc) is 2.86. The topological polar surface area (TPSA) is 92.4 Å².